The monoisotopic (exact) mass is 365 g/mol. The number of carbonyl (C=O) groups is 2. The second-order valence-electron chi connectivity index (χ2n) is 7.27. The van der Waals surface area contributed by atoms with Crippen LogP contribution in [0.15, 0.2) is 60.7 Å². The van der Waals surface area contributed by atoms with Crippen molar-refractivity contribution < 1.29 is 19.1 Å². The number of rotatable bonds is 4. The molecule has 5 nitrogen and oxygen atoms in total. The number of hydrogen-bond donors (Lipinski definition) is 0. The lowest BCUT2D eigenvalue weighted by atomic mass is 9.87. The van der Waals surface area contributed by atoms with E-state index in [2.05, 4.69) is 4.90 Å². The highest BCUT2D eigenvalue weighted by Crippen LogP contribution is 2.40. The molecule has 0 radical (unpaired) electrons. The number of ether oxygens (including phenoxy) is 2. The molecule has 4 rings (SSSR count). The molecule has 2 aliphatic rings. The molecule has 0 aliphatic carbocycles. The van der Waals surface area contributed by atoms with Gasteiger partial charge in [0.25, 0.3) is 0 Å². The molecule has 2 aliphatic heterocycles. The molecule has 4 unspecified atom stereocenters. The number of esters is 2. The lowest BCUT2D eigenvalue weighted by molar-refractivity contribution is -0.149. The molecule has 140 valence electrons. The van der Waals surface area contributed by atoms with Crippen LogP contribution in [0, 0.1) is 5.92 Å². The molecule has 0 spiro atoms. The first-order chi connectivity index (χ1) is 13.1. The van der Waals surface area contributed by atoms with Crippen molar-refractivity contribution in [2.45, 2.75) is 37.5 Å². The predicted molar refractivity (Wildman–Crippen MR) is 100 cm³/mol. The molecule has 0 amide bonds. The van der Waals surface area contributed by atoms with Crippen LogP contribution in [0.1, 0.15) is 29.6 Å². The molecule has 4 atom stereocenters. The van der Waals surface area contributed by atoms with Crippen LogP contribution in [0.2, 0.25) is 0 Å². The topological polar surface area (TPSA) is 55.8 Å². The summed E-state index contributed by atoms with van der Waals surface area (Å²) in [5, 5.41) is 0. The first kappa shape index (κ1) is 17.7. The average molecular weight is 365 g/mol. The number of nitrogens with zero attached hydrogens (tertiary/aromatic N) is 1. The van der Waals surface area contributed by atoms with Gasteiger partial charge in [-0.1, -0.05) is 36.4 Å². The zero-order valence-electron chi connectivity index (χ0n) is 15.3. The van der Waals surface area contributed by atoms with Crippen molar-refractivity contribution in [3.8, 4) is 5.75 Å². The number of benzene rings is 2. The zero-order valence-corrected chi connectivity index (χ0v) is 15.3. The van der Waals surface area contributed by atoms with Crippen LogP contribution < -0.4 is 4.74 Å². The van der Waals surface area contributed by atoms with E-state index in [0.29, 0.717) is 23.8 Å². The van der Waals surface area contributed by atoms with Crippen molar-refractivity contribution in [1.29, 1.82) is 0 Å². The Balaban J connectivity index is 1.55. The van der Waals surface area contributed by atoms with Gasteiger partial charge in [0.2, 0.25) is 0 Å². The molecule has 2 fully saturated rings. The first-order valence-corrected chi connectivity index (χ1v) is 9.38. The SMILES string of the molecule is CN1C2CCC1C(C(=O)Oc1ccccc1)C(OC(=O)c1ccccc1)C2. The van der Waals surface area contributed by atoms with E-state index in [1.54, 1.807) is 36.4 Å². The number of para-hydroxylation sites is 1. The van der Waals surface area contributed by atoms with Crippen LogP contribution in [0.3, 0.4) is 0 Å². The molecular weight excluding hydrogens is 342 g/mol. The molecule has 0 N–H and O–H groups in total. The molecule has 27 heavy (non-hydrogen) atoms. The Hall–Kier alpha value is -2.66. The number of hydrogen-bond acceptors (Lipinski definition) is 5. The first-order valence-electron chi connectivity index (χ1n) is 9.38. The van der Waals surface area contributed by atoms with Gasteiger partial charge < -0.3 is 9.47 Å². The molecule has 2 aromatic carbocycles. The third kappa shape index (κ3) is 3.60. The third-order valence-corrected chi connectivity index (χ3v) is 5.72. The summed E-state index contributed by atoms with van der Waals surface area (Å²) in [4.78, 5) is 27.8. The summed E-state index contributed by atoms with van der Waals surface area (Å²) < 4.78 is 11.4. The maximum absolute atomic E-state index is 13.0. The molecular formula is C22H23NO4. The van der Waals surface area contributed by atoms with Crippen molar-refractivity contribution in [1.82, 2.24) is 4.90 Å². The minimum absolute atomic E-state index is 0.0357. The van der Waals surface area contributed by atoms with Gasteiger partial charge in [0.1, 0.15) is 17.8 Å². The summed E-state index contributed by atoms with van der Waals surface area (Å²) in [5.74, 6) is -0.689. The second-order valence-corrected chi connectivity index (χ2v) is 7.27. The smallest absolute Gasteiger partial charge is 0.338 e. The van der Waals surface area contributed by atoms with E-state index in [-0.39, 0.29) is 18.0 Å². The van der Waals surface area contributed by atoms with Gasteiger partial charge in [-0.25, -0.2) is 4.79 Å². The lowest BCUT2D eigenvalue weighted by Gasteiger charge is -2.40. The highest BCUT2D eigenvalue weighted by atomic mass is 16.6. The van der Waals surface area contributed by atoms with E-state index >= 15 is 0 Å². The van der Waals surface area contributed by atoms with E-state index in [4.69, 9.17) is 9.47 Å². The quantitative estimate of drug-likeness (QED) is 0.615. The fraction of sp³-hybridized carbons (Fsp3) is 0.364. The minimum atomic E-state index is -0.485. The molecule has 2 heterocycles. The van der Waals surface area contributed by atoms with Gasteiger partial charge >= 0.3 is 11.9 Å². The van der Waals surface area contributed by atoms with Crippen molar-refractivity contribution in [2.75, 3.05) is 7.05 Å². The summed E-state index contributed by atoms with van der Waals surface area (Å²) in [5.41, 5.74) is 0.499. The van der Waals surface area contributed by atoms with E-state index in [1.165, 1.54) is 0 Å². The normalized spacial score (nSPS) is 27.1. The fourth-order valence-electron chi connectivity index (χ4n) is 4.30. The van der Waals surface area contributed by atoms with E-state index in [9.17, 15) is 9.59 Å². The maximum atomic E-state index is 13.0. The van der Waals surface area contributed by atoms with E-state index < -0.39 is 12.0 Å². The van der Waals surface area contributed by atoms with Gasteiger partial charge in [-0.15, -0.1) is 0 Å². The van der Waals surface area contributed by atoms with Gasteiger partial charge in [0.05, 0.1) is 5.56 Å². The van der Waals surface area contributed by atoms with Gasteiger partial charge in [0.15, 0.2) is 0 Å². The molecule has 2 saturated heterocycles. The van der Waals surface area contributed by atoms with Crippen LogP contribution in [0.4, 0.5) is 0 Å². The Morgan fingerprint density at radius 1 is 0.963 bits per heavy atom. The minimum Gasteiger partial charge on any atom is -0.458 e. The summed E-state index contributed by atoms with van der Waals surface area (Å²) in [6, 6.07) is 18.3. The highest BCUT2D eigenvalue weighted by Gasteiger charge is 2.51. The molecule has 2 aromatic rings. The number of fused-ring (bicyclic) bond motifs is 2. The van der Waals surface area contributed by atoms with Crippen molar-refractivity contribution in [2.24, 2.45) is 5.92 Å². The van der Waals surface area contributed by atoms with Crippen molar-refractivity contribution in [3.63, 3.8) is 0 Å². The highest BCUT2D eigenvalue weighted by molar-refractivity contribution is 5.89. The van der Waals surface area contributed by atoms with E-state index in [0.717, 1.165) is 12.8 Å². The zero-order chi connectivity index (χ0) is 18.8. The molecule has 0 saturated carbocycles. The molecule has 5 heteroatoms. The molecule has 2 bridgehead atoms. The van der Waals surface area contributed by atoms with Crippen LogP contribution in [0.5, 0.6) is 5.75 Å². The Bertz CT molecular complexity index is 808. The van der Waals surface area contributed by atoms with Gasteiger partial charge in [-0.3, -0.25) is 9.69 Å². The summed E-state index contributed by atoms with van der Waals surface area (Å²) in [6.07, 6.45) is 2.10. The maximum Gasteiger partial charge on any atom is 0.338 e. The predicted octanol–water partition coefficient (Wildman–Crippen LogP) is 3.30. The standard InChI is InChI=1S/C22H23NO4/c1-23-16-12-13-18(23)20(22(25)26-17-10-6-3-7-11-17)19(14-16)27-21(24)15-8-4-2-5-9-15/h2-11,16,18-20H,12-14H2,1H3. The van der Waals surface area contributed by atoms with Gasteiger partial charge in [-0.05, 0) is 44.2 Å². The van der Waals surface area contributed by atoms with Crippen LogP contribution >= 0.6 is 0 Å². The third-order valence-electron chi connectivity index (χ3n) is 5.72. The Morgan fingerprint density at radius 3 is 2.33 bits per heavy atom. The van der Waals surface area contributed by atoms with Gasteiger partial charge in [0, 0.05) is 18.5 Å². The van der Waals surface area contributed by atoms with Crippen LogP contribution in [-0.4, -0.2) is 42.1 Å². The summed E-state index contributed by atoms with van der Waals surface area (Å²) >= 11 is 0. The Labute approximate surface area is 158 Å². The lowest BCUT2D eigenvalue weighted by Crippen LogP contribution is -2.54. The largest absolute Gasteiger partial charge is 0.458 e. The van der Waals surface area contributed by atoms with Crippen LogP contribution in [0.25, 0.3) is 0 Å². The number of piperidine rings is 1. The second kappa shape index (κ2) is 7.53. The fourth-order valence-corrected chi connectivity index (χ4v) is 4.30. The van der Waals surface area contributed by atoms with Crippen molar-refractivity contribution >= 4 is 11.9 Å². The average Bonchev–Trinajstić information content (AvgIpc) is 2.92. The summed E-state index contributed by atoms with van der Waals surface area (Å²) in [7, 11) is 2.04. The van der Waals surface area contributed by atoms with Crippen LogP contribution in [-0.2, 0) is 9.53 Å². The van der Waals surface area contributed by atoms with E-state index in [1.807, 2.05) is 31.3 Å². The molecule has 0 aromatic heterocycles. The Morgan fingerprint density at radius 2 is 1.63 bits per heavy atom. The number of carbonyl (C=O) groups excluding carboxylic acids is 2. The van der Waals surface area contributed by atoms with Crippen molar-refractivity contribution in [3.05, 3.63) is 66.2 Å². The Kier molecular flexibility index (Phi) is 4.94. The summed E-state index contributed by atoms with van der Waals surface area (Å²) in [6.45, 7) is 0. The van der Waals surface area contributed by atoms with Gasteiger partial charge in [-0.2, -0.15) is 0 Å².